The highest BCUT2D eigenvalue weighted by atomic mass is 16.3. The molecule has 0 amide bonds. The highest BCUT2D eigenvalue weighted by molar-refractivity contribution is 6.14. The van der Waals surface area contributed by atoms with Crippen molar-refractivity contribution in [1.82, 2.24) is 19.5 Å². The van der Waals surface area contributed by atoms with Gasteiger partial charge < -0.3 is 8.98 Å². The van der Waals surface area contributed by atoms with Gasteiger partial charge >= 0.3 is 0 Å². The van der Waals surface area contributed by atoms with Crippen molar-refractivity contribution in [2.45, 2.75) is 0 Å². The van der Waals surface area contributed by atoms with Crippen LogP contribution in [0.5, 0.6) is 0 Å². The first-order valence-corrected chi connectivity index (χ1v) is 16.7. The summed E-state index contributed by atoms with van der Waals surface area (Å²) in [4.78, 5) is 14.8. The zero-order valence-corrected chi connectivity index (χ0v) is 26.9. The minimum atomic E-state index is 0.590. The van der Waals surface area contributed by atoms with Crippen LogP contribution in [0.4, 0.5) is 0 Å². The molecule has 3 heterocycles. The molecule has 0 aliphatic rings. The Balaban J connectivity index is 1.23. The monoisotopic (exact) mass is 640 g/mol. The van der Waals surface area contributed by atoms with Gasteiger partial charge in [-0.05, 0) is 47.5 Å². The molecule has 7 aromatic carbocycles. The van der Waals surface area contributed by atoms with E-state index in [9.17, 15) is 0 Å². The van der Waals surface area contributed by atoms with Gasteiger partial charge in [-0.1, -0.05) is 133 Å². The quantitative estimate of drug-likeness (QED) is 0.188. The van der Waals surface area contributed by atoms with Crippen molar-refractivity contribution < 1.29 is 4.42 Å². The lowest BCUT2D eigenvalue weighted by molar-refractivity contribution is 0.666. The highest BCUT2D eigenvalue weighted by Gasteiger charge is 2.20. The summed E-state index contributed by atoms with van der Waals surface area (Å²) < 4.78 is 9.24. The highest BCUT2D eigenvalue weighted by Crippen LogP contribution is 2.41. The summed E-state index contributed by atoms with van der Waals surface area (Å²) in [5.74, 6) is 1.84. The van der Waals surface area contributed by atoms with Gasteiger partial charge in [0.1, 0.15) is 5.58 Å². The zero-order valence-electron chi connectivity index (χ0n) is 26.9. The smallest absolute Gasteiger partial charge is 0.164 e. The molecule has 0 fully saturated rings. The molecule has 0 radical (unpaired) electrons. The molecule has 10 aromatic rings. The van der Waals surface area contributed by atoms with Crippen molar-refractivity contribution in [1.29, 1.82) is 0 Å². The van der Waals surface area contributed by atoms with Crippen molar-refractivity contribution in [3.05, 3.63) is 170 Å². The Labute approximate surface area is 287 Å². The summed E-state index contributed by atoms with van der Waals surface area (Å²) in [6.07, 6.45) is 0. The normalized spacial score (nSPS) is 11.6. The van der Waals surface area contributed by atoms with Crippen molar-refractivity contribution in [2.24, 2.45) is 0 Å². The first-order chi connectivity index (χ1) is 24.8. The minimum absolute atomic E-state index is 0.590. The van der Waals surface area contributed by atoms with Crippen LogP contribution in [-0.2, 0) is 0 Å². The molecule has 234 valence electrons. The molecule has 5 heteroatoms. The number of nitrogens with zero attached hydrogens (tertiary/aromatic N) is 4. The van der Waals surface area contributed by atoms with E-state index in [-0.39, 0.29) is 0 Å². The van der Waals surface area contributed by atoms with Crippen LogP contribution in [0.2, 0.25) is 0 Å². The standard InChI is InChI=1S/C45H28N4O/c1-4-14-29(15-5-1)33-26-37-36-25-24-32(45-47-43(30-16-6-2-7-17-30)46-44(48-45)31-18-8-3-9-19-31)28-41(36)50-42(37)40(27-33)49-38-22-12-10-20-34(38)35-21-11-13-23-39(35)49/h1-28H. The Bertz CT molecular complexity index is 2750. The van der Waals surface area contributed by atoms with E-state index in [1.807, 2.05) is 60.7 Å². The van der Waals surface area contributed by atoms with E-state index in [1.54, 1.807) is 0 Å². The van der Waals surface area contributed by atoms with E-state index in [2.05, 4.69) is 114 Å². The molecule has 10 rings (SSSR count). The molecule has 0 N–H and O–H groups in total. The van der Waals surface area contributed by atoms with Crippen molar-refractivity contribution in [3.63, 3.8) is 0 Å². The third-order valence-corrected chi connectivity index (χ3v) is 9.44. The van der Waals surface area contributed by atoms with E-state index in [0.717, 1.165) is 66.5 Å². The zero-order chi connectivity index (χ0) is 33.0. The van der Waals surface area contributed by atoms with Crippen LogP contribution in [0.3, 0.4) is 0 Å². The molecule has 0 saturated heterocycles. The maximum Gasteiger partial charge on any atom is 0.164 e. The number of hydrogen-bond acceptors (Lipinski definition) is 4. The molecule has 0 saturated carbocycles. The first kappa shape index (κ1) is 28.2. The lowest BCUT2D eigenvalue weighted by Crippen LogP contribution is -2.00. The Kier molecular flexibility index (Phi) is 6.42. The summed E-state index contributed by atoms with van der Waals surface area (Å²) in [7, 11) is 0. The van der Waals surface area contributed by atoms with Crippen LogP contribution in [0.15, 0.2) is 174 Å². The molecule has 0 spiro atoms. The maximum absolute atomic E-state index is 6.90. The van der Waals surface area contributed by atoms with Gasteiger partial charge in [-0.3, -0.25) is 0 Å². The van der Waals surface area contributed by atoms with Gasteiger partial charge in [0.25, 0.3) is 0 Å². The summed E-state index contributed by atoms with van der Waals surface area (Å²) in [6, 6.07) is 58.6. The third kappa shape index (κ3) is 4.60. The molecule has 0 aliphatic carbocycles. The Hall–Kier alpha value is -6.85. The molecular formula is C45H28N4O. The lowest BCUT2D eigenvalue weighted by Gasteiger charge is -2.11. The maximum atomic E-state index is 6.90. The molecule has 5 nitrogen and oxygen atoms in total. The van der Waals surface area contributed by atoms with E-state index in [1.165, 1.54) is 10.8 Å². The van der Waals surface area contributed by atoms with Crippen molar-refractivity contribution >= 4 is 43.7 Å². The average Bonchev–Trinajstić information content (AvgIpc) is 3.74. The van der Waals surface area contributed by atoms with Crippen LogP contribution >= 0.6 is 0 Å². The average molecular weight is 641 g/mol. The number of benzene rings is 7. The van der Waals surface area contributed by atoms with Crippen LogP contribution in [0, 0.1) is 0 Å². The van der Waals surface area contributed by atoms with Gasteiger partial charge in [0.05, 0.1) is 16.7 Å². The summed E-state index contributed by atoms with van der Waals surface area (Å²) >= 11 is 0. The SMILES string of the molecule is c1ccc(-c2cc(-n3c4ccccc4c4ccccc43)c3oc4cc(-c5nc(-c6ccccc6)nc(-c6ccccc6)n5)ccc4c3c2)cc1. The third-order valence-electron chi connectivity index (χ3n) is 9.44. The molecule has 0 aliphatic heterocycles. The molecule has 3 aromatic heterocycles. The first-order valence-electron chi connectivity index (χ1n) is 16.7. The van der Waals surface area contributed by atoms with Gasteiger partial charge in [-0.2, -0.15) is 0 Å². The van der Waals surface area contributed by atoms with Crippen LogP contribution in [0.25, 0.3) is 94.7 Å². The Morgan fingerprint density at radius 1 is 0.360 bits per heavy atom. The van der Waals surface area contributed by atoms with Crippen LogP contribution in [0.1, 0.15) is 0 Å². The predicted molar refractivity (Wildman–Crippen MR) is 203 cm³/mol. The number of para-hydroxylation sites is 2. The van der Waals surface area contributed by atoms with Gasteiger partial charge in [0.15, 0.2) is 23.1 Å². The van der Waals surface area contributed by atoms with Crippen LogP contribution < -0.4 is 0 Å². The van der Waals surface area contributed by atoms with Gasteiger partial charge in [-0.25, -0.2) is 15.0 Å². The second kappa shape index (κ2) is 11.4. The van der Waals surface area contributed by atoms with Gasteiger partial charge in [0, 0.05) is 38.2 Å². The number of hydrogen-bond donors (Lipinski definition) is 0. The molecular weight excluding hydrogens is 613 g/mol. The van der Waals surface area contributed by atoms with Gasteiger partial charge in [0.2, 0.25) is 0 Å². The van der Waals surface area contributed by atoms with Crippen molar-refractivity contribution in [3.8, 4) is 51.0 Å². The van der Waals surface area contributed by atoms with Gasteiger partial charge in [-0.15, -0.1) is 0 Å². The largest absolute Gasteiger partial charge is 0.454 e. The second-order valence-corrected chi connectivity index (χ2v) is 12.5. The summed E-state index contributed by atoms with van der Waals surface area (Å²) in [6.45, 7) is 0. The fourth-order valence-corrected chi connectivity index (χ4v) is 7.08. The topological polar surface area (TPSA) is 56.7 Å². The second-order valence-electron chi connectivity index (χ2n) is 12.5. The number of aromatic nitrogens is 4. The molecule has 0 unspecified atom stereocenters. The fraction of sp³-hybridized carbons (Fsp3) is 0. The van der Waals surface area contributed by atoms with Crippen LogP contribution in [-0.4, -0.2) is 19.5 Å². The minimum Gasteiger partial charge on any atom is -0.454 e. The van der Waals surface area contributed by atoms with E-state index >= 15 is 0 Å². The van der Waals surface area contributed by atoms with E-state index in [4.69, 9.17) is 19.4 Å². The molecule has 50 heavy (non-hydrogen) atoms. The van der Waals surface area contributed by atoms with Crippen molar-refractivity contribution in [2.75, 3.05) is 0 Å². The van der Waals surface area contributed by atoms with E-state index in [0.29, 0.717) is 17.5 Å². The fourth-order valence-electron chi connectivity index (χ4n) is 7.08. The Morgan fingerprint density at radius 2 is 0.860 bits per heavy atom. The summed E-state index contributed by atoms with van der Waals surface area (Å²) in [5.41, 5.74) is 9.85. The Morgan fingerprint density at radius 3 is 1.44 bits per heavy atom. The van der Waals surface area contributed by atoms with E-state index < -0.39 is 0 Å². The summed E-state index contributed by atoms with van der Waals surface area (Å²) in [5, 5.41) is 4.50. The lowest BCUT2D eigenvalue weighted by atomic mass is 10.0. The molecule has 0 bridgehead atoms. The molecule has 0 atom stereocenters. The predicted octanol–water partition coefficient (Wildman–Crippen LogP) is 11.5. The number of fused-ring (bicyclic) bond motifs is 6. The number of furan rings is 1. The number of rotatable bonds is 5.